The van der Waals surface area contributed by atoms with E-state index in [9.17, 15) is 8.78 Å². The summed E-state index contributed by atoms with van der Waals surface area (Å²) in [5.41, 5.74) is 6.17. The highest BCUT2D eigenvalue weighted by molar-refractivity contribution is 7.13. The topological polar surface area (TPSA) is 48.1 Å². The molecular weight excluding hydrogens is 198 g/mol. The van der Waals surface area contributed by atoms with E-state index in [0.717, 1.165) is 5.69 Å². The monoisotopic (exact) mass is 208 g/mol. The highest BCUT2D eigenvalue weighted by atomic mass is 32.1. The van der Waals surface area contributed by atoms with Crippen LogP contribution in [-0.2, 0) is 11.2 Å². The summed E-state index contributed by atoms with van der Waals surface area (Å²) in [6.45, 7) is -0.257. The lowest BCUT2D eigenvalue weighted by Crippen LogP contribution is -2.07. The Morgan fingerprint density at radius 1 is 1.62 bits per heavy atom. The molecule has 0 saturated carbocycles. The van der Waals surface area contributed by atoms with Gasteiger partial charge in [-0.3, -0.25) is 0 Å². The molecule has 1 heterocycles. The van der Waals surface area contributed by atoms with E-state index in [1.807, 2.05) is 0 Å². The Kier molecular flexibility index (Phi) is 4.04. The Morgan fingerprint density at radius 2 is 2.38 bits per heavy atom. The fraction of sp³-hybridized carbons (Fsp3) is 0.571. The fourth-order valence-electron chi connectivity index (χ4n) is 0.787. The minimum absolute atomic E-state index is 0.257. The van der Waals surface area contributed by atoms with Gasteiger partial charge in [0, 0.05) is 11.8 Å². The molecule has 6 heteroatoms. The van der Waals surface area contributed by atoms with Gasteiger partial charge in [0.15, 0.2) is 5.13 Å². The van der Waals surface area contributed by atoms with E-state index in [4.69, 9.17) is 5.73 Å². The van der Waals surface area contributed by atoms with Crippen LogP contribution in [0.4, 0.5) is 13.9 Å². The van der Waals surface area contributed by atoms with Gasteiger partial charge in [-0.1, -0.05) is 0 Å². The number of rotatable bonds is 5. The summed E-state index contributed by atoms with van der Waals surface area (Å²) in [6.07, 6.45) is -1.87. The van der Waals surface area contributed by atoms with E-state index >= 15 is 0 Å². The molecule has 3 nitrogen and oxygen atoms in total. The van der Waals surface area contributed by atoms with Gasteiger partial charge in [0.2, 0.25) is 0 Å². The predicted molar refractivity (Wildman–Crippen MR) is 47.1 cm³/mol. The molecule has 0 amide bonds. The number of alkyl halides is 2. The largest absolute Gasteiger partial charge is 0.375 e. The molecule has 0 radical (unpaired) electrons. The van der Waals surface area contributed by atoms with Crippen LogP contribution in [0.1, 0.15) is 5.69 Å². The molecule has 0 unspecified atom stereocenters. The second kappa shape index (κ2) is 5.08. The van der Waals surface area contributed by atoms with Gasteiger partial charge in [0.25, 0.3) is 6.43 Å². The van der Waals surface area contributed by atoms with Crippen LogP contribution in [-0.4, -0.2) is 24.6 Å². The van der Waals surface area contributed by atoms with Gasteiger partial charge in [0.05, 0.1) is 12.3 Å². The van der Waals surface area contributed by atoms with E-state index in [0.29, 0.717) is 11.6 Å². The van der Waals surface area contributed by atoms with E-state index in [1.54, 1.807) is 5.38 Å². The zero-order valence-electron chi connectivity index (χ0n) is 6.87. The number of ether oxygens (including phenoxy) is 1. The van der Waals surface area contributed by atoms with Crippen molar-refractivity contribution in [2.45, 2.75) is 12.8 Å². The Balaban J connectivity index is 2.13. The molecule has 0 fully saturated rings. The lowest BCUT2D eigenvalue weighted by atomic mass is 10.4. The average Bonchev–Trinajstić information content (AvgIpc) is 2.45. The Bertz CT molecular complexity index is 254. The Hall–Kier alpha value is -0.750. The molecule has 13 heavy (non-hydrogen) atoms. The summed E-state index contributed by atoms with van der Waals surface area (Å²) in [5, 5.41) is 2.28. The van der Waals surface area contributed by atoms with Crippen molar-refractivity contribution >= 4 is 16.5 Å². The summed E-state index contributed by atoms with van der Waals surface area (Å²) in [6, 6.07) is 0. The number of hydrogen-bond acceptors (Lipinski definition) is 4. The number of hydrogen-bond donors (Lipinski definition) is 1. The first-order valence-electron chi connectivity index (χ1n) is 3.74. The van der Waals surface area contributed by atoms with Crippen molar-refractivity contribution in [1.29, 1.82) is 0 Å². The molecule has 1 rings (SSSR count). The molecule has 0 aliphatic carbocycles. The van der Waals surface area contributed by atoms with Crippen molar-refractivity contribution in [3.8, 4) is 0 Å². The van der Waals surface area contributed by atoms with Gasteiger partial charge < -0.3 is 10.5 Å². The lowest BCUT2D eigenvalue weighted by molar-refractivity contribution is 0.0185. The first-order chi connectivity index (χ1) is 6.18. The van der Waals surface area contributed by atoms with Crippen LogP contribution in [0.25, 0.3) is 0 Å². The van der Waals surface area contributed by atoms with Crippen molar-refractivity contribution in [3.63, 3.8) is 0 Å². The summed E-state index contributed by atoms with van der Waals surface area (Å²) >= 11 is 1.33. The maximum atomic E-state index is 11.6. The summed E-state index contributed by atoms with van der Waals surface area (Å²) in [5.74, 6) is 0. The van der Waals surface area contributed by atoms with Gasteiger partial charge in [0.1, 0.15) is 6.61 Å². The number of halogens is 2. The van der Waals surface area contributed by atoms with Gasteiger partial charge in [-0.15, -0.1) is 11.3 Å². The third kappa shape index (κ3) is 4.14. The Morgan fingerprint density at radius 3 is 2.92 bits per heavy atom. The van der Waals surface area contributed by atoms with E-state index in [1.165, 1.54) is 11.3 Å². The zero-order valence-corrected chi connectivity index (χ0v) is 7.69. The molecule has 0 saturated heterocycles. The number of anilines is 1. The first-order valence-corrected chi connectivity index (χ1v) is 4.62. The van der Waals surface area contributed by atoms with Crippen LogP contribution in [0.3, 0.4) is 0 Å². The molecule has 0 atom stereocenters. The number of aromatic nitrogens is 1. The van der Waals surface area contributed by atoms with Crippen LogP contribution < -0.4 is 5.73 Å². The van der Waals surface area contributed by atoms with Gasteiger partial charge in [-0.05, 0) is 0 Å². The highest BCUT2D eigenvalue weighted by Gasteiger charge is 2.02. The van der Waals surface area contributed by atoms with E-state index in [2.05, 4.69) is 9.72 Å². The quantitative estimate of drug-likeness (QED) is 0.747. The number of thiazole rings is 1. The lowest BCUT2D eigenvalue weighted by Gasteiger charge is -2.00. The van der Waals surface area contributed by atoms with Crippen LogP contribution in [0.15, 0.2) is 5.38 Å². The highest BCUT2D eigenvalue weighted by Crippen LogP contribution is 2.11. The van der Waals surface area contributed by atoms with Crippen molar-refractivity contribution < 1.29 is 13.5 Å². The van der Waals surface area contributed by atoms with Crippen LogP contribution in [0.2, 0.25) is 0 Å². The molecule has 0 aromatic carbocycles. The average molecular weight is 208 g/mol. The van der Waals surface area contributed by atoms with Crippen LogP contribution in [0, 0.1) is 0 Å². The number of nitrogens with zero attached hydrogens (tertiary/aromatic N) is 1. The SMILES string of the molecule is Nc1nc(CCOCC(F)F)cs1. The molecule has 0 aliphatic rings. The predicted octanol–water partition coefficient (Wildman–Crippen LogP) is 1.55. The molecule has 1 aromatic heterocycles. The molecule has 2 N–H and O–H groups in total. The standard InChI is InChI=1S/C7H10F2N2OS/c8-6(9)3-12-2-1-5-4-13-7(10)11-5/h4,6H,1-3H2,(H2,10,11). The first kappa shape index (κ1) is 10.3. The number of nitrogen functional groups attached to an aromatic ring is 1. The van der Waals surface area contributed by atoms with Gasteiger partial charge in [-0.25, -0.2) is 13.8 Å². The summed E-state index contributed by atoms with van der Waals surface area (Å²) in [7, 11) is 0. The van der Waals surface area contributed by atoms with Gasteiger partial charge in [-0.2, -0.15) is 0 Å². The maximum absolute atomic E-state index is 11.6. The van der Waals surface area contributed by atoms with Gasteiger partial charge >= 0.3 is 0 Å². The van der Waals surface area contributed by atoms with Crippen molar-refractivity contribution in [1.82, 2.24) is 4.98 Å². The smallest absolute Gasteiger partial charge is 0.261 e. The molecule has 0 aliphatic heterocycles. The fourth-order valence-corrected chi connectivity index (χ4v) is 1.38. The van der Waals surface area contributed by atoms with Crippen LogP contribution in [0.5, 0.6) is 0 Å². The molecule has 74 valence electrons. The van der Waals surface area contributed by atoms with E-state index < -0.39 is 13.0 Å². The van der Waals surface area contributed by atoms with Crippen LogP contribution >= 0.6 is 11.3 Å². The molecule has 0 bridgehead atoms. The normalized spacial score (nSPS) is 11.0. The Labute approximate surface area is 78.5 Å². The zero-order chi connectivity index (χ0) is 9.68. The molecular formula is C7H10F2N2OS. The summed E-state index contributed by atoms with van der Waals surface area (Å²) in [4.78, 5) is 3.96. The van der Waals surface area contributed by atoms with E-state index in [-0.39, 0.29) is 6.61 Å². The van der Waals surface area contributed by atoms with Crippen molar-refractivity contribution in [2.24, 2.45) is 0 Å². The summed E-state index contributed by atoms with van der Waals surface area (Å²) < 4.78 is 27.9. The third-order valence-corrected chi connectivity index (χ3v) is 2.04. The van der Waals surface area contributed by atoms with Crippen molar-refractivity contribution in [2.75, 3.05) is 18.9 Å². The maximum Gasteiger partial charge on any atom is 0.261 e. The minimum Gasteiger partial charge on any atom is -0.375 e. The molecule has 1 aromatic rings. The third-order valence-electron chi connectivity index (χ3n) is 1.32. The van der Waals surface area contributed by atoms with Crippen molar-refractivity contribution in [3.05, 3.63) is 11.1 Å². The second-order valence-electron chi connectivity index (χ2n) is 2.39. The molecule has 0 spiro atoms. The number of nitrogens with two attached hydrogens (primary N) is 1. The second-order valence-corrected chi connectivity index (χ2v) is 3.28. The minimum atomic E-state index is -2.40.